The molecule has 0 saturated heterocycles. The minimum atomic E-state index is -0.910. The van der Waals surface area contributed by atoms with E-state index in [-0.39, 0.29) is 18.9 Å². The van der Waals surface area contributed by atoms with Crippen LogP contribution in [-0.2, 0) is 9.59 Å². The van der Waals surface area contributed by atoms with Gasteiger partial charge in [-0.05, 0) is 31.5 Å². The Labute approximate surface area is 139 Å². The van der Waals surface area contributed by atoms with E-state index in [9.17, 15) is 9.59 Å². The molecule has 0 atom stereocenters. The van der Waals surface area contributed by atoms with Gasteiger partial charge >= 0.3 is 5.97 Å². The van der Waals surface area contributed by atoms with E-state index >= 15 is 0 Å². The Balaban J connectivity index is 2.33. The number of benzene rings is 1. The molecule has 5 nitrogen and oxygen atoms in total. The molecule has 0 aliphatic rings. The Hall–Kier alpha value is -1.46. The summed E-state index contributed by atoms with van der Waals surface area (Å²) in [6.45, 7) is 2.90. The van der Waals surface area contributed by atoms with Gasteiger partial charge in [0.1, 0.15) is 5.75 Å². The summed E-state index contributed by atoms with van der Waals surface area (Å²) in [4.78, 5) is 24.0. The van der Waals surface area contributed by atoms with Gasteiger partial charge in [-0.25, -0.2) is 0 Å². The van der Waals surface area contributed by atoms with Crippen LogP contribution >= 0.6 is 23.2 Å². The van der Waals surface area contributed by atoms with Crippen molar-refractivity contribution in [2.24, 2.45) is 0 Å². The fourth-order valence-corrected chi connectivity index (χ4v) is 2.31. The van der Waals surface area contributed by atoms with Gasteiger partial charge in [0.2, 0.25) is 5.91 Å². The number of rotatable bonds is 9. The molecule has 0 unspecified atom stereocenters. The van der Waals surface area contributed by atoms with Crippen LogP contribution in [0.15, 0.2) is 18.2 Å². The van der Waals surface area contributed by atoms with Crippen molar-refractivity contribution in [2.45, 2.75) is 26.2 Å². The lowest BCUT2D eigenvalue weighted by molar-refractivity contribution is -0.138. The third-order valence-electron chi connectivity index (χ3n) is 3.02. The summed E-state index contributed by atoms with van der Waals surface area (Å²) in [5.41, 5.74) is 0. The van der Waals surface area contributed by atoms with Crippen LogP contribution < -0.4 is 4.74 Å². The summed E-state index contributed by atoms with van der Waals surface area (Å²) in [5, 5.41) is 9.60. The van der Waals surface area contributed by atoms with Crippen molar-refractivity contribution in [3.8, 4) is 5.75 Å². The SMILES string of the molecule is CCN(CCC(=O)O)C(=O)CCCOc1ccc(Cl)cc1Cl. The number of carboxylic acid groups (broad SMARTS) is 1. The molecule has 1 amide bonds. The van der Waals surface area contributed by atoms with Crippen molar-refractivity contribution < 1.29 is 19.4 Å². The Morgan fingerprint density at radius 3 is 2.59 bits per heavy atom. The van der Waals surface area contributed by atoms with Crippen LogP contribution in [0.3, 0.4) is 0 Å². The lowest BCUT2D eigenvalue weighted by Crippen LogP contribution is -2.32. The van der Waals surface area contributed by atoms with Gasteiger partial charge in [-0.1, -0.05) is 23.2 Å². The zero-order valence-electron chi connectivity index (χ0n) is 12.3. The number of halogens is 2. The molecule has 1 aromatic carbocycles. The molecule has 0 aliphatic heterocycles. The number of nitrogens with zero attached hydrogens (tertiary/aromatic N) is 1. The van der Waals surface area contributed by atoms with E-state index < -0.39 is 5.97 Å². The van der Waals surface area contributed by atoms with Crippen LogP contribution in [-0.4, -0.2) is 41.6 Å². The van der Waals surface area contributed by atoms with E-state index in [0.717, 1.165) is 0 Å². The molecule has 0 fully saturated rings. The molecule has 0 aliphatic carbocycles. The van der Waals surface area contributed by atoms with Gasteiger partial charge in [0.15, 0.2) is 0 Å². The zero-order valence-corrected chi connectivity index (χ0v) is 13.9. The van der Waals surface area contributed by atoms with E-state index in [1.807, 2.05) is 6.92 Å². The van der Waals surface area contributed by atoms with Gasteiger partial charge < -0.3 is 14.7 Å². The largest absolute Gasteiger partial charge is 0.492 e. The maximum atomic E-state index is 11.9. The monoisotopic (exact) mass is 347 g/mol. The molecule has 0 spiro atoms. The van der Waals surface area contributed by atoms with E-state index in [1.54, 1.807) is 18.2 Å². The summed E-state index contributed by atoms with van der Waals surface area (Å²) < 4.78 is 5.50. The van der Waals surface area contributed by atoms with Gasteiger partial charge in [-0.2, -0.15) is 0 Å². The van der Waals surface area contributed by atoms with Crippen molar-refractivity contribution in [3.05, 3.63) is 28.2 Å². The summed E-state index contributed by atoms with van der Waals surface area (Å²) in [6.07, 6.45) is 0.788. The van der Waals surface area contributed by atoms with Crippen LogP contribution in [0.4, 0.5) is 0 Å². The first-order valence-corrected chi connectivity index (χ1v) is 7.77. The van der Waals surface area contributed by atoms with Gasteiger partial charge in [0.05, 0.1) is 18.1 Å². The highest BCUT2D eigenvalue weighted by Gasteiger charge is 2.12. The van der Waals surface area contributed by atoms with Crippen LogP contribution in [0.1, 0.15) is 26.2 Å². The molecule has 0 aromatic heterocycles. The molecule has 0 saturated carbocycles. The molecular weight excluding hydrogens is 329 g/mol. The first kappa shape index (κ1) is 18.6. The normalized spacial score (nSPS) is 10.3. The predicted molar refractivity (Wildman–Crippen MR) is 85.7 cm³/mol. The first-order valence-electron chi connectivity index (χ1n) is 7.01. The Kier molecular flexibility index (Phi) is 8.06. The lowest BCUT2D eigenvalue weighted by Gasteiger charge is -2.20. The zero-order chi connectivity index (χ0) is 16.5. The van der Waals surface area contributed by atoms with Crippen molar-refractivity contribution in [1.82, 2.24) is 4.90 Å². The van der Waals surface area contributed by atoms with Crippen molar-refractivity contribution in [2.75, 3.05) is 19.7 Å². The highest BCUT2D eigenvalue weighted by Crippen LogP contribution is 2.27. The maximum Gasteiger partial charge on any atom is 0.305 e. The molecule has 1 rings (SSSR count). The Morgan fingerprint density at radius 1 is 1.27 bits per heavy atom. The van der Waals surface area contributed by atoms with Gasteiger partial charge in [0, 0.05) is 24.5 Å². The van der Waals surface area contributed by atoms with Gasteiger partial charge in [-0.15, -0.1) is 0 Å². The number of aliphatic carboxylic acids is 1. The lowest BCUT2D eigenvalue weighted by atomic mass is 10.2. The predicted octanol–water partition coefficient (Wildman–Crippen LogP) is 3.48. The minimum absolute atomic E-state index is 0.0452. The summed E-state index contributed by atoms with van der Waals surface area (Å²) >= 11 is 11.8. The van der Waals surface area contributed by atoms with E-state index in [2.05, 4.69) is 0 Å². The van der Waals surface area contributed by atoms with Crippen molar-refractivity contribution in [1.29, 1.82) is 0 Å². The summed E-state index contributed by atoms with van der Waals surface area (Å²) in [6, 6.07) is 4.95. The maximum absolute atomic E-state index is 11.9. The average Bonchev–Trinajstić information content (AvgIpc) is 2.45. The molecule has 1 N–H and O–H groups in total. The van der Waals surface area contributed by atoms with Gasteiger partial charge in [-0.3, -0.25) is 9.59 Å². The second kappa shape index (κ2) is 9.54. The molecule has 1 aromatic rings. The Bertz CT molecular complexity index is 522. The fraction of sp³-hybridized carbons (Fsp3) is 0.467. The van der Waals surface area contributed by atoms with Crippen LogP contribution in [0, 0.1) is 0 Å². The molecule has 0 heterocycles. The van der Waals surface area contributed by atoms with Gasteiger partial charge in [0.25, 0.3) is 0 Å². The molecular formula is C15H19Cl2NO4. The average molecular weight is 348 g/mol. The number of carbonyl (C=O) groups is 2. The first-order chi connectivity index (χ1) is 10.4. The number of ether oxygens (including phenoxy) is 1. The van der Waals surface area contributed by atoms with Crippen LogP contribution in [0.5, 0.6) is 5.75 Å². The third kappa shape index (κ3) is 6.54. The van der Waals surface area contributed by atoms with E-state index in [4.69, 9.17) is 33.0 Å². The molecule has 0 bridgehead atoms. The smallest absolute Gasteiger partial charge is 0.305 e. The highest BCUT2D eigenvalue weighted by atomic mass is 35.5. The summed E-state index contributed by atoms with van der Waals surface area (Å²) in [5.74, 6) is -0.460. The molecule has 7 heteroatoms. The fourth-order valence-electron chi connectivity index (χ4n) is 1.85. The quantitative estimate of drug-likeness (QED) is 0.694. The molecule has 0 radical (unpaired) electrons. The van der Waals surface area contributed by atoms with Crippen molar-refractivity contribution in [3.63, 3.8) is 0 Å². The topological polar surface area (TPSA) is 66.8 Å². The molecule has 22 heavy (non-hydrogen) atoms. The standard InChI is InChI=1S/C15H19Cl2NO4/c1-2-18(8-7-15(20)21)14(19)4-3-9-22-13-6-5-11(16)10-12(13)17/h5-6,10H,2-4,7-9H2,1H3,(H,20,21). The number of hydrogen-bond acceptors (Lipinski definition) is 3. The number of carboxylic acids is 1. The molecule has 122 valence electrons. The second-order valence-electron chi connectivity index (χ2n) is 4.64. The highest BCUT2D eigenvalue weighted by molar-refractivity contribution is 6.35. The van der Waals surface area contributed by atoms with Crippen molar-refractivity contribution >= 4 is 35.1 Å². The van der Waals surface area contributed by atoms with E-state index in [1.165, 1.54) is 4.90 Å². The van der Waals surface area contributed by atoms with E-state index in [0.29, 0.717) is 41.8 Å². The second-order valence-corrected chi connectivity index (χ2v) is 5.49. The number of hydrogen-bond donors (Lipinski definition) is 1. The van der Waals surface area contributed by atoms with Crippen LogP contribution in [0.2, 0.25) is 10.0 Å². The minimum Gasteiger partial charge on any atom is -0.492 e. The third-order valence-corrected chi connectivity index (χ3v) is 3.55. The van der Waals surface area contributed by atoms with Crippen LogP contribution in [0.25, 0.3) is 0 Å². The number of carbonyl (C=O) groups excluding carboxylic acids is 1. The summed E-state index contributed by atoms with van der Waals surface area (Å²) in [7, 11) is 0. The Morgan fingerprint density at radius 2 is 2.00 bits per heavy atom. The number of amides is 1.